The van der Waals surface area contributed by atoms with Crippen LogP contribution in [0.5, 0.6) is 0 Å². The van der Waals surface area contributed by atoms with Gasteiger partial charge < -0.3 is 5.32 Å². The Morgan fingerprint density at radius 1 is 1.33 bits per heavy atom. The van der Waals surface area contributed by atoms with E-state index in [9.17, 15) is 8.42 Å². The minimum absolute atomic E-state index is 0.134. The van der Waals surface area contributed by atoms with Crippen LogP contribution in [-0.4, -0.2) is 31.7 Å². The van der Waals surface area contributed by atoms with Crippen LogP contribution in [0.15, 0.2) is 11.2 Å². The van der Waals surface area contributed by atoms with Crippen molar-refractivity contribution in [2.24, 2.45) is 5.41 Å². The van der Waals surface area contributed by atoms with Gasteiger partial charge in [0, 0.05) is 18.7 Å². The molecule has 7 heteroatoms. The van der Waals surface area contributed by atoms with E-state index < -0.39 is 10.0 Å². The van der Waals surface area contributed by atoms with Crippen molar-refractivity contribution in [3.05, 3.63) is 11.8 Å². The summed E-state index contributed by atoms with van der Waals surface area (Å²) < 4.78 is 27.7. The van der Waals surface area contributed by atoms with Gasteiger partial charge in [0.2, 0.25) is 0 Å². The molecular formula is C14H26N4O2S. The molecule has 0 bridgehead atoms. The molecule has 1 aliphatic rings. The number of sulfonamides is 1. The lowest BCUT2D eigenvalue weighted by Crippen LogP contribution is -2.36. The van der Waals surface area contributed by atoms with E-state index in [2.05, 4.69) is 27.2 Å². The Labute approximate surface area is 127 Å². The Morgan fingerprint density at radius 2 is 2.05 bits per heavy atom. The Hall–Kier alpha value is -0.920. The molecule has 1 aromatic rings. The molecule has 1 aromatic heterocycles. The first kappa shape index (κ1) is 16.5. The molecule has 0 spiro atoms. The molecule has 2 rings (SSSR count). The fourth-order valence-corrected chi connectivity index (χ4v) is 4.30. The predicted octanol–water partition coefficient (Wildman–Crippen LogP) is 1.77. The molecular weight excluding hydrogens is 288 g/mol. The van der Waals surface area contributed by atoms with Crippen LogP contribution in [0.4, 0.5) is 0 Å². The van der Waals surface area contributed by atoms with Crippen LogP contribution >= 0.6 is 0 Å². The van der Waals surface area contributed by atoms with Crippen molar-refractivity contribution < 1.29 is 8.42 Å². The van der Waals surface area contributed by atoms with Crippen molar-refractivity contribution in [1.29, 1.82) is 0 Å². The number of aromatic nitrogens is 2. The van der Waals surface area contributed by atoms with Gasteiger partial charge in [-0.1, -0.05) is 26.7 Å². The molecule has 1 saturated carbocycles. The third-order valence-electron chi connectivity index (χ3n) is 4.56. The Kier molecular flexibility index (Phi) is 5.40. The summed E-state index contributed by atoms with van der Waals surface area (Å²) in [5, 5.41) is 9.81. The van der Waals surface area contributed by atoms with E-state index in [-0.39, 0.29) is 10.4 Å². The molecule has 0 saturated heterocycles. The molecule has 0 radical (unpaired) electrons. The molecule has 0 aromatic carbocycles. The summed E-state index contributed by atoms with van der Waals surface area (Å²) in [4.78, 5) is 0. The molecule has 0 amide bonds. The maximum atomic E-state index is 12.5. The smallest absolute Gasteiger partial charge is 0.257 e. The minimum atomic E-state index is -3.52. The van der Waals surface area contributed by atoms with Crippen molar-refractivity contribution >= 4 is 10.0 Å². The zero-order valence-electron chi connectivity index (χ0n) is 12.9. The summed E-state index contributed by atoms with van der Waals surface area (Å²) >= 11 is 0. The van der Waals surface area contributed by atoms with E-state index in [0.717, 1.165) is 25.8 Å². The lowest BCUT2D eigenvalue weighted by atomic mass is 9.84. The molecule has 0 atom stereocenters. The molecule has 21 heavy (non-hydrogen) atoms. The first-order chi connectivity index (χ1) is 10.0. The van der Waals surface area contributed by atoms with Crippen LogP contribution in [0.3, 0.4) is 0 Å². The SMILES string of the molecule is CCNCc1cn[nH]c1S(=O)(=O)NCC1(CC)CCCC1. The molecule has 0 aliphatic heterocycles. The minimum Gasteiger partial charge on any atom is -0.313 e. The summed E-state index contributed by atoms with van der Waals surface area (Å²) in [6, 6.07) is 0. The maximum absolute atomic E-state index is 12.5. The lowest BCUT2D eigenvalue weighted by Gasteiger charge is -2.27. The van der Waals surface area contributed by atoms with Crippen molar-refractivity contribution in [1.82, 2.24) is 20.2 Å². The third kappa shape index (κ3) is 3.84. The monoisotopic (exact) mass is 314 g/mol. The highest BCUT2D eigenvalue weighted by atomic mass is 32.2. The second-order valence-corrected chi connectivity index (χ2v) is 7.59. The van der Waals surface area contributed by atoms with E-state index in [1.54, 1.807) is 6.20 Å². The largest absolute Gasteiger partial charge is 0.313 e. The second kappa shape index (κ2) is 6.89. The highest BCUT2D eigenvalue weighted by Gasteiger charge is 2.33. The van der Waals surface area contributed by atoms with Crippen molar-refractivity contribution in [3.8, 4) is 0 Å². The molecule has 1 heterocycles. The Bertz CT molecular complexity index is 547. The summed E-state index contributed by atoms with van der Waals surface area (Å²) in [6.07, 6.45) is 7.21. The number of aromatic amines is 1. The molecule has 3 N–H and O–H groups in total. The first-order valence-electron chi connectivity index (χ1n) is 7.75. The van der Waals surface area contributed by atoms with Crippen LogP contribution in [0.25, 0.3) is 0 Å². The quantitative estimate of drug-likeness (QED) is 0.682. The second-order valence-electron chi connectivity index (χ2n) is 5.89. The third-order valence-corrected chi connectivity index (χ3v) is 5.98. The van der Waals surface area contributed by atoms with Crippen molar-refractivity contribution in [2.75, 3.05) is 13.1 Å². The molecule has 0 unspecified atom stereocenters. The zero-order chi connectivity index (χ0) is 15.3. The summed E-state index contributed by atoms with van der Waals surface area (Å²) in [5.74, 6) is 0. The van der Waals surface area contributed by atoms with Crippen LogP contribution in [0, 0.1) is 5.41 Å². The average molecular weight is 314 g/mol. The van der Waals surface area contributed by atoms with E-state index in [4.69, 9.17) is 0 Å². The summed E-state index contributed by atoms with van der Waals surface area (Å²) in [6.45, 7) is 5.94. The predicted molar refractivity (Wildman–Crippen MR) is 82.3 cm³/mol. The highest BCUT2D eigenvalue weighted by molar-refractivity contribution is 7.89. The van der Waals surface area contributed by atoms with Crippen LogP contribution in [0.1, 0.15) is 51.5 Å². The Morgan fingerprint density at radius 3 is 2.67 bits per heavy atom. The van der Waals surface area contributed by atoms with Crippen LogP contribution < -0.4 is 10.0 Å². The number of hydrogen-bond donors (Lipinski definition) is 3. The van der Waals surface area contributed by atoms with E-state index in [1.165, 1.54) is 12.8 Å². The standard InChI is InChI=1S/C14H26N4O2S/c1-3-14(7-5-6-8-14)11-17-21(19,20)13-12(9-15-4-2)10-16-18-13/h10,15,17H,3-9,11H2,1-2H3,(H,16,18). The topological polar surface area (TPSA) is 86.9 Å². The molecule has 120 valence electrons. The van der Waals surface area contributed by atoms with Crippen molar-refractivity contribution in [3.63, 3.8) is 0 Å². The first-order valence-corrected chi connectivity index (χ1v) is 9.24. The van der Waals surface area contributed by atoms with Crippen LogP contribution in [0.2, 0.25) is 0 Å². The summed E-state index contributed by atoms with van der Waals surface area (Å²) in [7, 11) is -3.52. The zero-order valence-corrected chi connectivity index (χ0v) is 13.7. The van der Waals surface area contributed by atoms with Crippen LogP contribution in [-0.2, 0) is 16.6 Å². The molecule has 1 aliphatic carbocycles. The van der Waals surface area contributed by atoms with E-state index in [0.29, 0.717) is 18.7 Å². The Balaban J connectivity index is 2.06. The normalized spacial score (nSPS) is 18.2. The molecule has 6 nitrogen and oxygen atoms in total. The van der Waals surface area contributed by atoms with Gasteiger partial charge >= 0.3 is 0 Å². The van der Waals surface area contributed by atoms with Gasteiger partial charge in [-0.05, 0) is 31.2 Å². The molecule has 1 fully saturated rings. The number of hydrogen-bond acceptors (Lipinski definition) is 4. The highest BCUT2D eigenvalue weighted by Crippen LogP contribution is 2.40. The van der Waals surface area contributed by atoms with Gasteiger partial charge in [0.15, 0.2) is 5.03 Å². The summed E-state index contributed by atoms with van der Waals surface area (Å²) in [5.41, 5.74) is 0.816. The van der Waals surface area contributed by atoms with Gasteiger partial charge in [0.1, 0.15) is 0 Å². The van der Waals surface area contributed by atoms with Gasteiger partial charge in [-0.3, -0.25) is 5.10 Å². The van der Waals surface area contributed by atoms with Crippen molar-refractivity contribution in [2.45, 2.75) is 57.5 Å². The number of nitrogens with zero attached hydrogens (tertiary/aromatic N) is 1. The number of H-pyrrole nitrogens is 1. The fourth-order valence-electron chi connectivity index (χ4n) is 3.02. The van der Waals surface area contributed by atoms with Gasteiger partial charge in [-0.25, -0.2) is 13.1 Å². The van der Waals surface area contributed by atoms with Gasteiger partial charge in [0.05, 0.1) is 6.20 Å². The maximum Gasteiger partial charge on any atom is 0.257 e. The lowest BCUT2D eigenvalue weighted by molar-refractivity contribution is 0.285. The van der Waals surface area contributed by atoms with E-state index >= 15 is 0 Å². The fraction of sp³-hybridized carbons (Fsp3) is 0.786. The number of rotatable bonds is 8. The van der Waals surface area contributed by atoms with E-state index in [1.807, 2.05) is 6.92 Å². The number of nitrogens with one attached hydrogen (secondary N) is 3. The van der Waals surface area contributed by atoms with Gasteiger partial charge in [-0.15, -0.1) is 0 Å². The van der Waals surface area contributed by atoms with Gasteiger partial charge in [0.25, 0.3) is 10.0 Å². The average Bonchev–Trinajstić information content (AvgIpc) is 3.13. The van der Waals surface area contributed by atoms with Gasteiger partial charge in [-0.2, -0.15) is 5.10 Å².